The Kier molecular flexibility index (Phi) is 6.85. The SMILES string of the molecule is COCCN1CCN(OC2CC(C#CSS)C2)CC1. The van der Waals surface area contributed by atoms with E-state index in [1.807, 2.05) is 0 Å². The first-order valence-electron chi connectivity index (χ1n) is 6.75. The van der Waals surface area contributed by atoms with Crippen molar-refractivity contribution in [3.63, 3.8) is 0 Å². The molecule has 1 heterocycles. The molecular weight excluding hydrogens is 280 g/mol. The van der Waals surface area contributed by atoms with Crippen molar-refractivity contribution in [1.82, 2.24) is 9.96 Å². The fourth-order valence-electron chi connectivity index (χ4n) is 2.37. The molecule has 0 atom stereocenters. The van der Waals surface area contributed by atoms with Crippen LogP contribution in [0.2, 0.25) is 0 Å². The predicted molar refractivity (Wildman–Crippen MR) is 81.8 cm³/mol. The summed E-state index contributed by atoms with van der Waals surface area (Å²) >= 11 is 4.01. The largest absolute Gasteiger partial charge is 0.383 e. The van der Waals surface area contributed by atoms with Gasteiger partial charge in [-0.15, -0.1) is 0 Å². The minimum absolute atomic E-state index is 0.370. The number of hydroxylamine groups is 2. The van der Waals surface area contributed by atoms with Crippen LogP contribution in [-0.2, 0) is 9.57 Å². The van der Waals surface area contributed by atoms with Crippen molar-refractivity contribution in [1.29, 1.82) is 0 Å². The van der Waals surface area contributed by atoms with E-state index in [0.717, 1.165) is 52.2 Å². The third-order valence-electron chi connectivity index (χ3n) is 3.64. The van der Waals surface area contributed by atoms with E-state index in [-0.39, 0.29) is 0 Å². The molecule has 4 nitrogen and oxygen atoms in total. The minimum atomic E-state index is 0.370. The van der Waals surface area contributed by atoms with E-state index in [0.29, 0.717) is 12.0 Å². The van der Waals surface area contributed by atoms with Crippen LogP contribution in [0, 0.1) is 17.1 Å². The van der Waals surface area contributed by atoms with Crippen molar-refractivity contribution in [2.75, 3.05) is 46.4 Å². The lowest BCUT2D eigenvalue weighted by Gasteiger charge is -2.39. The third kappa shape index (κ3) is 5.18. The Bertz CT molecular complexity index is 318. The molecule has 19 heavy (non-hydrogen) atoms. The molecule has 2 fully saturated rings. The van der Waals surface area contributed by atoms with Crippen molar-refractivity contribution in [3.05, 3.63) is 0 Å². The van der Waals surface area contributed by atoms with Gasteiger partial charge in [0.05, 0.1) is 12.7 Å². The molecule has 0 spiro atoms. The quantitative estimate of drug-likeness (QED) is 0.471. The minimum Gasteiger partial charge on any atom is -0.383 e. The Morgan fingerprint density at radius 2 is 2.00 bits per heavy atom. The zero-order chi connectivity index (χ0) is 13.5. The summed E-state index contributed by atoms with van der Waals surface area (Å²) < 4.78 is 5.10. The molecule has 1 aliphatic carbocycles. The first kappa shape index (κ1) is 15.5. The second-order valence-electron chi connectivity index (χ2n) is 5.00. The fourth-order valence-corrected chi connectivity index (χ4v) is 2.75. The molecule has 1 saturated carbocycles. The molecule has 2 aliphatic rings. The number of methoxy groups -OCH3 is 1. The molecule has 0 bridgehead atoms. The zero-order valence-corrected chi connectivity index (χ0v) is 13.1. The van der Waals surface area contributed by atoms with Crippen LogP contribution in [-0.4, -0.2) is 62.5 Å². The number of thiol groups is 1. The monoisotopic (exact) mass is 302 g/mol. The number of piperazine rings is 1. The van der Waals surface area contributed by atoms with E-state index in [1.54, 1.807) is 7.11 Å². The first-order valence-corrected chi connectivity index (χ1v) is 8.62. The Morgan fingerprint density at radius 3 is 2.63 bits per heavy atom. The van der Waals surface area contributed by atoms with E-state index in [4.69, 9.17) is 9.57 Å². The molecule has 1 saturated heterocycles. The van der Waals surface area contributed by atoms with Crippen LogP contribution in [0.25, 0.3) is 0 Å². The van der Waals surface area contributed by atoms with Crippen molar-refractivity contribution in [2.24, 2.45) is 5.92 Å². The lowest BCUT2D eigenvalue weighted by molar-refractivity contribution is -0.234. The molecule has 0 radical (unpaired) electrons. The normalized spacial score (nSPS) is 28.5. The van der Waals surface area contributed by atoms with Gasteiger partial charge >= 0.3 is 0 Å². The van der Waals surface area contributed by atoms with Gasteiger partial charge in [-0.2, -0.15) is 5.06 Å². The molecule has 0 unspecified atom stereocenters. The highest BCUT2D eigenvalue weighted by atomic mass is 33.1. The molecule has 6 heteroatoms. The summed E-state index contributed by atoms with van der Waals surface area (Å²) in [5, 5.41) is 5.06. The number of ether oxygens (including phenoxy) is 1. The topological polar surface area (TPSA) is 24.9 Å². The van der Waals surface area contributed by atoms with Gasteiger partial charge < -0.3 is 4.74 Å². The van der Waals surface area contributed by atoms with Gasteiger partial charge in [0.25, 0.3) is 0 Å². The second-order valence-corrected chi connectivity index (χ2v) is 5.93. The molecular formula is C13H22N2O2S2. The lowest BCUT2D eigenvalue weighted by Crippen LogP contribution is -2.49. The summed E-state index contributed by atoms with van der Waals surface area (Å²) in [7, 11) is 3.04. The van der Waals surface area contributed by atoms with Gasteiger partial charge in [0.2, 0.25) is 0 Å². The van der Waals surface area contributed by atoms with Gasteiger partial charge in [0, 0.05) is 45.8 Å². The fraction of sp³-hybridized carbons (Fsp3) is 0.846. The Balaban J connectivity index is 1.57. The summed E-state index contributed by atoms with van der Waals surface area (Å²) in [5.74, 6) is 3.69. The first-order chi connectivity index (χ1) is 9.31. The smallest absolute Gasteiger partial charge is 0.0816 e. The van der Waals surface area contributed by atoms with E-state index >= 15 is 0 Å². The van der Waals surface area contributed by atoms with Crippen LogP contribution in [0.4, 0.5) is 0 Å². The Hall–Kier alpha value is 0.100. The van der Waals surface area contributed by atoms with E-state index in [9.17, 15) is 0 Å². The lowest BCUT2D eigenvalue weighted by atomic mass is 9.83. The van der Waals surface area contributed by atoms with E-state index < -0.39 is 0 Å². The average molecular weight is 302 g/mol. The van der Waals surface area contributed by atoms with Crippen LogP contribution in [0.3, 0.4) is 0 Å². The van der Waals surface area contributed by atoms with Crippen molar-refractivity contribution in [3.8, 4) is 11.2 Å². The molecule has 0 aromatic carbocycles. The summed E-state index contributed by atoms with van der Waals surface area (Å²) in [4.78, 5) is 8.39. The molecule has 0 aromatic rings. The number of nitrogens with zero attached hydrogens (tertiary/aromatic N) is 2. The molecule has 1 aliphatic heterocycles. The Labute approximate surface area is 124 Å². The average Bonchev–Trinajstić information content (AvgIpc) is 2.40. The summed E-state index contributed by atoms with van der Waals surface area (Å²) in [6.07, 6.45) is 2.49. The summed E-state index contributed by atoms with van der Waals surface area (Å²) in [5.41, 5.74) is 0. The number of rotatable bonds is 5. The molecule has 0 N–H and O–H groups in total. The van der Waals surface area contributed by atoms with Gasteiger partial charge in [0.1, 0.15) is 0 Å². The van der Waals surface area contributed by atoms with E-state index in [1.165, 1.54) is 10.8 Å². The zero-order valence-electron chi connectivity index (χ0n) is 11.4. The van der Waals surface area contributed by atoms with Crippen molar-refractivity contribution in [2.45, 2.75) is 18.9 Å². The van der Waals surface area contributed by atoms with Gasteiger partial charge in [0.15, 0.2) is 0 Å². The summed E-state index contributed by atoms with van der Waals surface area (Å²) in [6.45, 7) is 5.94. The molecule has 108 valence electrons. The van der Waals surface area contributed by atoms with Gasteiger partial charge in [-0.25, -0.2) is 0 Å². The van der Waals surface area contributed by atoms with Crippen LogP contribution in [0.5, 0.6) is 0 Å². The van der Waals surface area contributed by atoms with Crippen LogP contribution >= 0.6 is 22.5 Å². The molecule has 0 aromatic heterocycles. The van der Waals surface area contributed by atoms with Crippen molar-refractivity contribution >= 4 is 22.5 Å². The van der Waals surface area contributed by atoms with E-state index in [2.05, 4.69) is 32.8 Å². The van der Waals surface area contributed by atoms with Crippen LogP contribution < -0.4 is 0 Å². The Morgan fingerprint density at radius 1 is 1.26 bits per heavy atom. The van der Waals surface area contributed by atoms with Gasteiger partial charge in [-0.1, -0.05) is 17.6 Å². The third-order valence-corrected chi connectivity index (χ3v) is 4.13. The van der Waals surface area contributed by atoms with Crippen LogP contribution in [0.15, 0.2) is 0 Å². The number of hydrogen-bond donors (Lipinski definition) is 1. The maximum atomic E-state index is 5.97. The highest BCUT2D eigenvalue weighted by Crippen LogP contribution is 2.30. The second kappa shape index (κ2) is 8.40. The highest BCUT2D eigenvalue weighted by Gasteiger charge is 2.31. The summed E-state index contributed by atoms with van der Waals surface area (Å²) in [6, 6.07) is 0. The standard InChI is InChI=1S/C13H22N2O2S2/c1-16-8-7-14-3-5-15(6-4-14)17-13-10-12(11-13)2-9-19-18/h12-13,18H,3-8,10-11H2,1H3. The van der Waals surface area contributed by atoms with Crippen LogP contribution in [0.1, 0.15) is 12.8 Å². The predicted octanol–water partition coefficient (Wildman–Crippen LogP) is 1.50. The van der Waals surface area contributed by atoms with Gasteiger partial charge in [-0.3, -0.25) is 9.74 Å². The molecule has 0 amide bonds. The number of hydrogen-bond acceptors (Lipinski definition) is 6. The van der Waals surface area contributed by atoms with Crippen molar-refractivity contribution < 1.29 is 9.57 Å². The highest BCUT2D eigenvalue weighted by molar-refractivity contribution is 8.70. The molecule has 2 rings (SSSR count). The van der Waals surface area contributed by atoms with Gasteiger partial charge in [-0.05, 0) is 28.9 Å². The maximum absolute atomic E-state index is 5.97. The maximum Gasteiger partial charge on any atom is 0.0816 e.